The Labute approximate surface area is 174 Å². The van der Waals surface area contributed by atoms with Crippen molar-refractivity contribution in [1.29, 1.82) is 0 Å². The molecule has 0 N–H and O–H groups in total. The molecule has 0 aromatic rings. The van der Waals surface area contributed by atoms with Crippen LogP contribution in [0.3, 0.4) is 0 Å². The van der Waals surface area contributed by atoms with Gasteiger partial charge in [-0.05, 0) is 33.1 Å². The molecule has 0 aliphatic heterocycles. The van der Waals surface area contributed by atoms with Crippen LogP contribution in [0.15, 0.2) is 0 Å². The van der Waals surface area contributed by atoms with Gasteiger partial charge >= 0.3 is 11.9 Å². The largest absolute Gasteiger partial charge is 0.465 e. The molecular weight excluding hydrogens is 352 g/mol. The molecule has 0 spiro atoms. The summed E-state index contributed by atoms with van der Waals surface area (Å²) >= 11 is 0. The van der Waals surface area contributed by atoms with Gasteiger partial charge in [0.25, 0.3) is 0 Å². The average Bonchev–Trinajstić information content (AvgIpc) is 2.66. The lowest BCUT2D eigenvalue weighted by Gasteiger charge is -2.27. The van der Waals surface area contributed by atoms with Gasteiger partial charge < -0.3 is 9.47 Å². The number of carbonyl (C=O) groups excluding carboxylic acids is 2. The molecular formula is C24H46O4. The molecule has 0 saturated heterocycles. The first kappa shape index (κ1) is 26.9. The van der Waals surface area contributed by atoms with Gasteiger partial charge in [-0.25, -0.2) is 0 Å². The molecule has 0 heterocycles. The van der Waals surface area contributed by atoms with Gasteiger partial charge in [0.05, 0.1) is 12.7 Å². The highest BCUT2D eigenvalue weighted by Crippen LogP contribution is 2.30. The van der Waals surface area contributed by atoms with Crippen LogP contribution in [0.5, 0.6) is 0 Å². The molecule has 0 rings (SSSR count). The first-order valence-corrected chi connectivity index (χ1v) is 11.8. The second kappa shape index (κ2) is 16.9. The Morgan fingerprint density at radius 3 is 1.50 bits per heavy atom. The molecule has 0 aromatic heterocycles. The fourth-order valence-electron chi connectivity index (χ4n) is 3.48. The van der Waals surface area contributed by atoms with Crippen molar-refractivity contribution in [2.45, 2.75) is 131 Å². The van der Waals surface area contributed by atoms with E-state index in [0.717, 1.165) is 12.8 Å². The smallest absolute Gasteiger partial charge is 0.323 e. The van der Waals surface area contributed by atoms with Crippen molar-refractivity contribution in [2.24, 2.45) is 5.41 Å². The zero-order chi connectivity index (χ0) is 21.3. The Morgan fingerprint density at radius 1 is 0.679 bits per heavy atom. The van der Waals surface area contributed by atoms with Gasteiger partial charge in [0.15, 0.2) is 5.41 Å². The zero-order valence-corrected chi connectivity index (χ0v) is 19.3. The third-order valence-electron chi connectivity index (χ3n) is 5.56. The van der Waals surface area contributed by atoms with Crippen LogP contribution in [0.1, 0.15) is 125 Å². The summed E-state index contributed by atoms with van der Waals surface area (Å²) in [4.78, 5) is 24.9. The summed E-state index contributed by atoms with van der Waals surface area (Å²) in [5.41, 5.74) is -1.15. The van der Waals surface area contributed by atoms with Crippen LogP contribution in [0.25, 0.3) is 0 Å². The van der Waals surface area contributed by atoms with Gasteiger partial charge in [-0.2, -0.15) is 0 Å². The third kappa shape index (κ3) is 11.1. The molecule has 4 nitrogen and oxygen atoms in total. The molecule has 0 radical (unpaired) electrons. The summed E-state index contributed by atoms with van der Waals surface area (Å²) in [6.07, 6.45) is 15.9. The van der Waals surface area contributed by atoms with E-state index in [1.54, 1.807) is 13.8 Å². The maximum atomic E-state index is 12.5. The first-order chi connectivity index (χ1) is 13.4. The zero-order valence-electron chi connectivity index (χ0n) is 19.3. The Hall–Kier alpha value is -1.06. The minimum atomic E-state index is -1.15. The topological polar surface area (TPSA) is 52.6 Å². The van der Waals surface area contributed by atoms with Gasteiger partial charge in [-0.3, -0.25) is 9.59 Å². The Balaban J connectivity index is 3.86. The summed E-state index contributed by atoms with van der Waals surface area (Å²) in [6, 6.07) is 0. The lowest BCUT2D eigenvalue weighted by Crippen LogP contribution is -2.42. The van der Waals surface area contributed by atoms with Gasteiger partial charge in [-0.15, -0.1) is 0 Å². The van der Waals surface area contributed by atoms with Crippen molar-refractivity contribution in [3.05, 3.63) is 0 Å². The number of unbranched alkanes of at least 4 members (excludes halogenated alkanes) is 11. The summed E-state index contributed by atoms with van der Waals surface area (Å²) < 4.78 is 10.7. The van der Waals surface area contributed by atoms with E-state index in [-0.39, 0.29) is 6.10 Å². The number of esters is 2. The van der Waals surface area contributed by atoms with Gasteiger partial charge in [0.1, 0.15) is 0 Å². The maximum Gasteiger partial charge on any atom is 0.323 e. The number of hydrogen-bond donors (Lipinski definition) is 0. The van der Waals surface area contributed by atoms with Crippen molar-refractivity contribution in [3.8, 4) is 0 Å². The van der Waals surface area contributed by atoms with Crippen LogP contribution in [-0.4, -0.2) is 24.6 Å². The van der Waals surface area contributed by atoms with Crippen molar-refractivity contribution in [2.75, 3.05) is 6.61 Å². The van der Waals surface area contributed by atoms with E-state index in [2.05, 4.69) is 6.92 Å². The molecule has 28 heavy (non-hydrogen) atoms. The van der Waals surface area contributed by atoms with E-state index >= 15 is 0 Å². The number of rotatable bonds is 18. The average molecular weight is 399 g/mol. The highest BCUT2D eigenvalue weighted by molar-refractivity contribution is 6.00. The van der Waals surface area contributed by atoms with E-state index in [4.69, 9.17) is 9.47 Å². The molecule has 4 heteroatoms. The molecule has 0 saturated carbocycles. The van der Waals surface area contributed by atoms with Crippen LogP contribution < -0.4 is 0 Å². The monoisotopic (exact) mass is 398 g/mol. The van der Waals surface area contributed by atoms with Crippen LogP contribution in [0.2, 0.25) is 0 Å². The van der Waals surface area contributed by atoms with Gasteiger partial charge in [0, 0.05) is 0 Å². The molecule has 0 unspecified atom stereocenters. The molecule has 0 amide bonds. The number of ether oxygens (including phenoxy) is 2. The van der Waals surface area contributed by atoms with Crippen molar-refractivity contribution in [1.82, 2.24) is 0 Å². The summed E-state index contributed by atoms with van der Waals surface area (Å²) in [5.74, 6) is -0.876. The molecule has 0 fully saturated rings. The van der Waals surface area contributed by atoms with Crippen LogP contribution in [0.4, 0.5) is 0 Å². The fourth-order valence-corrected chi connectivity index (χ4v) is 3.48. The quantitative estimate of drug-likeness (QED) is 0.142. The standard InChI is InChI=1S/C24H46O4/c1-6-9-10-11-12-13-14-15-16-17-18-19-20-27-22(25)24(7-2,8-3)23(26)28-21(4)5/h21H,6-20H2,1-5H3. The van der Waals surface area contributed by atoms with Crippen molar-refractivity contribution in [3.63, 3.8) is 0 Å². The predicted molar refractivity (Wildman–Crippen MR) is 116 cm³/mol. The normalized spacial score (nSPS) is 11.6. The van der Waals surface area contributed by atoms with Crippen molar-refractivity contribution < 1.29 is 19.1 Å². The van der Waals surface area contributed by atoms with E-state index in [0.29, 0.717) is 19.4 Å². The Kier molecular flexibility index (Phi) is 16.2. The Bertz CT molecular complexity index is 399. The second-order valence-electron chi connectivity index (χ2n) is 8.27. The third-order valence-corrected chi connectivity index (χ3v) is 5.56. The van der Waals surface area contributed by atoms with E-state index < -0.39 is 17.4 Å². The van der Waals surface area contributed by atoms with Crippen LogP contribution >= 0.6 is 0 Å². The highest BCUT2D eigenvalue weighted by atomic mass is 16.6. The summed E-state index contributed by atoms with van der Waals surface area (Å²) in [6.45, 7) is 9.93. The molecule has 0 aromatic carbocycles. The highest BCUT2D eigenvalue weighted by Gasteiger charge is 2.46. The minimum absolute atomic E-state index is 0.228. The summed E-state index contributed by atoms with van der Waals surface area (Å²) in [7, 11) is 0. The molecule has 0 aliphatic rings. The molecule has 166 valence electrons. The van der Waals surface area contributed by atoms with Crippen LogP contribution in [-0.2, 0) is 19.1 Å². The second-order valence-corrected chi connectivity index (χ2v) is 8.27. The van der Waals surface area contributed by atoms with Gasteiger partial charge in [0.2, 0.25) is 0 Å². The number of hydrogen-bond acceptors (Lipinski definition) is 4. The van der Waals surface area contributed by atoms with Crippen molar-refractivity contribution >= 4 is 11.9 Å². The summed E-state index contributed by atoms with van der Waals surface area (Å²) in [5, 5.41) is 0. The van der Waals surface area contributed by atoms with E-state index in [1.807, 2.05) is 13.8 Å². The van der Waals surface area contributed by atoms with Gasteiger partial charge in [-0.1, -0.05) is 91.4 Å². The molecule has 0 aliphatic carbocycles. The van der Waals surface area contributed by atoms with E-state index in [9.17, 15) is 9.59 Å². The lowest BCUT2D eigenvalue weighted by atomic mass is 9.82. The predicted octanol–water partition coefficient (Wildman–Crippen LogP) is 6.99. The number of carbonyl (C=O) groups is 2. The fraction of sp³-hybridized carbons (Fsp3) is 0.917. The molecule has 0 bridgehead atoms. The SMILES string of the molecule is CCCCCCCCCCCCCCOC(=O)C(CC)(CC)C(=O)OC(C)C. The van der Waals surface area contributed by atoms with Crippen LogP contribution in [0, 0.1) is 5.41 Å². The Morgan fingerprint density at radius 2 is 1.11 bits per heavy atom. The lowest BCUT2D eigenvalue weighted by molar-refractivity contribution is -0.175. The first-order valence-electron chi connectivity index (χ1n) is 11.8. The minimum Gasteiger partial charge on any atom is -0.465 e. The molecule has 0 atom stereocenters. The van der Waals surface area contributed by atoms with E-state index in [1.165, 1.54) is 64.2 Å². The maximum absolute atomic E-state index is 12.5.